The molecule has 0 spiro atoms. The molecule has 0 aliphatic carbocycles. The third-order valence-electron chi connectivity index (χ3n) is 9.07. The number of benzene rings is 7. The van der Waals surface area contributed by atoms with Crippen LogP contribution in [-0.2, 0) is 0 Å². The molecule has 0 bridgehead atoms. The molecule has 0 unspecified atom stereocenters. The van der Waals surface area contributed by atoms with Crippen LogP contribution in [0.5, 0.6) is 0 Å². The van der Waals surface area contributed by atoms with Crippen molar-refractivity contribution < 1.29 is 0 Å². The van der Waals surface area contributed by atoms with Gasteiger partial charge in [-0.25, -0.2) is 0 Å². The van der Waals surface area contributed by atoms with E-state index in [-0.39, 0.29) is 0 Å². The number of hydrogen-bond acceptors (Lipinski definition) is 1. The molecule has 200 valence electrons. The minimum absolute atomic E-state index is 1.18. The normalized spacial score (nSPS) is 12.2. The highest BCUT2D eigenvalue weighted by Gasteiger charge is 2.21. The van der Waals surface area contributed by atoms with Gasteiger partial charge < -0.3 is 9.13 Å². The van der Waals surface area contributed by atoms with E-state index in [0.717, 1.165) is 0 Å². The van der Waals surface area contributed by atoms with Gasteiger partial charge in [-0.15, -0.1) is 11.3 Å². The van der Waals surface area contributed by atoms with E-state index in [4.69, 9.17) is 0 Å². The zero-order valence-corrected chi connectivity index (χ0v) is 24.0. The number of rotatable bonds is 2. The van der Waals surface area contributed by atoms with Crippen molar-refractivity contribution in [2.24, 2.45) is 0 Å². The molecule has 3 heterocycles. The lowest BCUT2D eigenvalue weighted by Gasteiger charge is -2.11. The lowest BCUT2D eigenvalue weighted by atomic mass is 10.1. The highest BCUT2D eigenvalue weighted by molar-refractivity contribution is 7.26. The number of thiophene rings is 1. The lowest BCUT2D eigenvalue weighted by Crippen LogP contribution is -1.96. The summed E-state index contributed by atoms with van der Waals surface area (Å²) in [4.78, 5) is 0. The van der Waals surface area contributed by atoms with Crippen LogP contribution in [0, 0.1) is 0 Å². The Labute approximate surface area is 251 Å². The SMILES string of the molecule is c1ccc(-n2c3cc4c(cc3c3ccc5sc6ccccc6c5c32)c2ccccc2n4-c2ccc3ccccc3c2)cc1. The molecule has 3 heteroatoms. The van der Waals surface area contributed by atoms with Crippen LogP contribution >= 0.6 is 11.3 Å². The molecule has 0 radical (unpaired) electrons. The third kappa shape index (κ3) is 3.17. The van der Waals surface area contributed by atoms with Crippen LogP contribution in [0.3, 0.4) is 0 Å². The minimum atomic E-state index is 1.18. The smallest absolute Gasteiger partial charge is 0.0634 e. The molecule has 0 atom stereocenters. The van der Waals surface area contributed by atoms with Crippen molar-refractivity contribution in [1.29, 1.82) is 0 Å². The van der Waals surface area contributed by atoms with Gasteiger partial charge >= 0.3 is 0 Å². The molecule has 10 aromatic rings. The van der Waals surface area contributed by atoms with E-state index in [9.17, 15) is 0 Å². The van der Waals surface area contributed by atoms with Gasteiger partial charge in [-0.05, 0) is 65.4 Å². The van der Waals surface area contributed by atoms with Gasteiger partial charge in [-0.2, -0.15) is 0 Å². The standard InChI is InChI=1S/C40H24N2S/c1-2-12-27(13-3-1)42-36-24-35-32(23-33(36)30-20-21-38-39(40(30)42)31-15-7-9-17-37(31)43-38)29-14-6-8-16-34(29)41(35)28-19-18-25-10-4-5-11-26(25)22-28/h1-24H. The highest BCUT2D eigenvalue weighted by atomic mass is 32.1. The summed E-state index contributed by atoms with van der Waals surface area (Å²) in [6, 6.07) is 53.4. The summed E-state index contributed by atoms with van der Waals surface area (Å²) >= 11 is 1.88. The van der Waals surface area contributed by atoms with Gasteiger partial charge in [0.1, 0.15) is 0 Å². The van der Waals surface area contributed by atoms with Crippen LogP contribution in [0.4, 0.5) is 0 Å². The Bertz CT molecular complexity index is 2720. The Balaban J connectivity index is 1.42. The van der Waals surface area contributed by atoms with Crippen LogP contribution in [0.2, 0.25) is 0 Å². The topological polar surface area (TPSA) is 9.86 Å². The van der Waals surface area contributed by atoms with Crippen LogP contribution in [0.25, 0.3) is 85.9 Å². The van der Waals surface area contributed by atoms with E-state index < -0.39 is 0 Å². The molecule has 0 aliphatic rings. The minimum Gasteiger partial charge on any atom is -0.309 e. The number of fused-ring (bicyclic) bond motifs is 11. The number of para-hydroxylation sites is 2. The molecule has 0 fully saturated rings. The summed E-state index contributed by atoms with van der Waals surface area (Å²) in [6.07, 6.45) is 0. The average molecular weight is 565 g/mol. The highest BCUT2D eigenvalue weighted by Crippen LogP contribution is 2.45. The first-order chi connectivity index (χ1) is 21.3. The maximum Gasteiger partial charge on any atom is 0.0634 e. The first-order valence-corrected chi connectivity index (χ1v) is 15.5. The molecule has 0 saturated heterocycles. The molecule has 7 aromatic carbocycles. The summed E-state index contributed by atoms with van der Waals surface area (Å²) in [5.74, 6) is 0. The van der Waals surface area contributed by atoms with Gasteiger partial charge in [0.05, 0.1) is 22.1 Å². The lowest BCUT2D eigenvalue weighted by molar-refractivity contribution is 1.17. The summed E-state index contributed by atoms with van der Waals surface area (Å²) in [5.41, 5.74) is 7.31. The summed E-state index contributed by atoms with van der Waals surface area (Å²) in [5, 5.41) is 10.3. The Morgan fingerprint density at radius 2 is 1.09 bits per heavy atom. The molecule has 3 aromatic heterocycles. The van der Waals surface area contributed by atoms with Crippen LogP contribution in [0.1, 0.15) is 0 Å². The van der Waals surface area contributed by atoms with E-state index in [1.54, 1.807) is 0 Å². The van der Waals surface area contributed by atoms with Gasteiger partial charge in [-0.1, -0.05) is 91.0 Å². The Morgan fingerprint density at radius 1 is 0.372 bits per heavy atom. The molecule has 43 heavy (non-hydrogen) atoms. The predicted molar refractivity (Wildman–Crippen MR) is 186 cm³/mol. The van der Waals surface area contributed by atoms with Gasteiger partial charge in [0, 0.05) is 53.1 Å². The zero-order chi connectivity index (χ0) is 28.1. The predicted octanol–water partition coefficient (Wildman–Crippen LogP) is 11.4. The van der Waals surface area contributed by atoms with Crippen molar-refractivity contribution in [3.63, 3.8) is 0 Å². The van der Waals surface area contributed by atoms with E-state index in [1.165, 1.54) is 85.9 Å². The second-order valence-corrected chi connectivity index (χ2v) is 12.5. The van der Waals surface area contributed by atoms with E-state index in [0.29, 0.717) is 0 Å². The van der Waals surface area contributed by atoms with Crippen LogP contribution in [0.15, 0.2) is 146 Å². The molecular formula is C40H24N2S. The molecule has 0 saturated carbocycles. The van der Waals surface area contributed by atoms with E-state index in [1.807, 2.05) is 11.3 Å². The quantitative estimate of drug-likeness (QED) is 0.198. The van der Waals surface area contributed by atoms with Gasteiger partial charge in [-0.3, -0.25) is 0 Å². The molecule has 2 nitrogen and oxygen atoms in total. The van der Waals surface area contributed by atoms with Crippen molar-refractivity contribution in [3.05, 3.63) is 146 Å². The van der Waals surface area contributed by atoms with E-state index in [2.05, 4.69) is 155 Å². The Hall–Kier alpha value is -5.38. The van der Waals surface area contributed by atoms with Crippen molar-refractivity contribution in [1.82, 2.24) is 9.13 Å². The molecular weight excluding hydrogens is 541 g/mol. The maximum atomic E-state index is 2.49. The number of hydrogen-bond donors (Lipinski definition) is 0. The average Bonchev–Trinajstić information content (AvgIpc) is 3.71. The second kappa shape index (κ2) is 8.57. The van der Waals surface area contributed by atoms with Crippen LogP contribution < -0.4 is 0 Å². The largest absolute Gasteiger partial charge is 0.309 e. The van der Waals surface area contributed by atoms with E-state index >= 15 is 0 Å². The van der Waals surface area contributed by atoms with Crippen molar-refractivity contribution in [3.8, 4) is 11.4 Å². The fraction of sp³-hybridized carbons (Fsp3) is 0. The molecule has 0 aliphatic heterocycles. The fourth-order valence-corrected chi connectivity index (χ4v) is 8.32. The van der Waals surface area contributed by atoms with Crippen LogP contribution in [-0.4, -0.2) is 9.13 Å². The summed E-state index contributed by atoms with van der Waals surface area (Å²) in [7, 11) is 0. The summed E-state index contributed by atoms with van der Waals surface area (Å²) < 4.78 is 7.59. The van der Waals surface area contributed by atoms with Gasteiger partial charge in [0.15, 0.2) is 0 Å². The maximum absolute atomic E-state index is 2.49. The van der Waals surface area contributed by atoms with Crippen molar-refractivity contribution in [2.45, 2.75) is 0 Å². The monoisotopic (exact) mass is 564 g/mol. The number of aromatic nitrogens is 2. The van der Waals surface area contributed by atoms with Crippen molar-refractivity contribution in [2.75, 3.05) is 0 Å². The molecule has 0 amide bonds. The molecule has 0 N–H and O–H groups in total. The first-order valence-electron chi connectivity index (χ1n) is 14.7. The Kier molecular flexibility index (Phi) is 4.63. The molecule has 10 rings (SSSR count). The third-order valence-corrected chi connectivity index (χ3v) is 10.2. The number of nitrogens with zero attached hydrogens (tertiary/aromatic N) is 2. The summed E-state index contributed by atoms with van der Waals surface area (Å²) in [6.45, 7) is 0. The van der Waals surface area contributed by atoms with Gasteiger partial charge in [0.2, 0.25) is 0 Å². The second-order valence-electron chi connectivity index (χ2n) is 11.4. The van der Waals surface area contributed by atoms with Gasteiger partial charge in [0.25, 0.3) is 0 Å². The first kappa shape index (κ1) is 23.2. The Morgan fingerprint density at radius 3 is 2.00 bits per heavy atom. The zero-order valence-electron chi connectivity index (χ0n) is 23.2. The fourth-order valence-electron chi connectivity index (χ4n) is 7.21. The van der Waals surface area contributed by atoms with Crippen molar-refractivity contribution >= 4 is 85.9 Å².